The van der Waals surface area contributed by atoms with Crippen molar-refractivity contribution in [3.63, 3.8) is 0 Å². The molecule has 1 heterocycles. The molecule has 1 aromatic rings. The number of carbonyl (C=O) groups is 1. The second-order valence-corrected chi connectivity index (χ2v) is 5.85. The first kappa shape index (κ1) is 15.8. The summed E-state index contributed by atoms with van der Waals surface area (Å²) in [5, 5.41) is 9.25. The Kier molecular flexibility index (Phi) is 5.20. The maximum atomic E-state index is 12.1. The summed E-state index contributed by atoms with van der Waals surface area (Å²) in [5.74, 6) is 0. The van der Waals surface area contributed by atoms with E-state index >= 15 is 0 Å². The van der Waals surface area contributed by atoms with Gasteiger partial charge in [-0.2, -0.15) is 0 Å². The van der Waals surface area contributed by atoms with Crippen LogP contribution in [0.5, 0.6) is 0 Å². The Morgan fingerprint density at radius 1 is 1.48 bits per heavy atom. The zero-order valence-corrected chi connectivity index (χ0v) is 13.0. The molecule has 21 heavy (non-hydrogen) atoms. The smallest absolute Gasteiger partial charge is 0.319 e. The highest BCUT2D eigenvalue weighted by molar-refractivity contribution is 5.89. The van der Waals surface area contributed by atoms with E-state index in [-0.39, 0.29) is 17.6 Å². The highest BCUT2D eigenvalue weighted by Gasteiger charge is 2.31. The number of carbonyl (C=O) groups excluding carboxylic acids is 1. The number of urea groups is 1. The lowest BCUT2D eigenvalue weighted by Crippen LogP contribution is -2.48. The van der Waals surface area contributed by atoms with E-state index < -0.39 is 0 Å². The molecular weight excluding hydrogens is 266 g/mol. The van der Waals surface area contributed by atoms with E-state index in [1.807, 2.05) is 25.1 Å². The second-order valence-electron chi connectivity index (χ2n) is 5.85. The zero-order valence-electron chi connectivity index (χ0n) is 13.0. The molecule has 2 unspecified atom stereocenters. The van der Waals surface area contributed by atoms with Gasteiger partial charge in [0.15, 0.2) is 0 Å². The molecule has 0 spiro atoms. The van der Waals surface area contributed by atoms with E-state index in [1.165, 1.54) is 0 Å². The highest BCUT2D eigenvalue weighted by Crippen LogP contribution is 2.19. The van der Waals surface area contributed by atoms with Crippen LogP contribution in [0.25, 0.3) is 0 Å². The van der Waals surface area contributed by atoms with Gasteiger partial charge in [0.1, 0.15) is 0 Å². The fourth-order valence-corrected chi connectivity index (χ4v) is 2.51. The number of nitrogens with one attached hydrogen (secondary N) is 3. The predicted molar refractivity (Wildman–Crippen MR) is 84.5 cm³/mol. The molecule has 1 fully saturated rings. The van der Waals surface area contributed by atoms with Gasteiger partial charge in [-0.25, -0.2) is 4.79 Å². The molecule has 0 aromatic heterocycles. The summed E-state index contributed by atoms with van der Waals surface area (Å²) >= 11 is 0. The summed E-state index contributed by atoms with van der Waals surface area (Å²) in [7, 11) is 0. The van der Waals surface area contributed by atoms with Crippen molar-refractivity contribution in [1.29, 1.82) is 0 Å². The Labute approximate surface area is 126 Å². The van der Waals surface area contributed by atoms with Gasteiger partial charge in [-0.15, -0.1) is 0 Å². The molecule has 5 heteroatoms. The van der Waals surface area contributed by atoms with Crippen molar-refractivity contribution in [3.05, 3.63) is 29.8 Å². The predicted octanol–water partition coefficient (Wildman–Crippen LogP) is 2.66. The van der Waals surface area contributed by atoms with Crippen molar-refractivity contribution in [2.45, 2.75) is 38.8 Å². The number of rotatable bonds is 5. The zero-order chi connectivity index (χ0) is 15.3. The van der Waals surface area contributed by atoms with E-state index in [9.17, 15) is 4.79 Å². The van der Waals surface area contributed by atoms with Gasteiger partial charge in [0.25, 0.3) is 0 Å². The average Bonchev–Trinajstić information content (AvgIpc) is 2.85. The number of hydrogen-bond acceptors (Lipinski definition) is 3. The summed E-state index contributed by atoms with van der Waals surface area (Å²) in [6, 6.07) is 7.99. The van der Waals surface area contributed by atoms with E-state index in [1.54, 1.807) is 0 Å². The molecule has 1 aliphatic rings. The van der Waals surface area contributed by atoms with Gasteiger partial charge in [0.05, 0.1) is 12.1 Å². The number of ether oxygens (including phenoxy) is 1. The summed E-state index contributed by atoms with van der Waals surface area (Å²) < 4.78 is 5.34. The first-order valence-electron chi connectivity index (χ1n) is 7.53. The van der Waals surface area contributed by atoms with Crippen molar-refractivity contribution in [2.24, 2.45) is 0 Å². The van der Waals surface area contributed by atoms with Crippen LogP contribution in [0.1, 0.15) is 38.8 Å². The van der Waals surface area contributed by atoms with Crippen molar-refractivity contribution in [2.75, 3.05) is 25.1 Å². The van der Waals surface area contributed by atoms with E-state index in [4.69, 9.17) is 4.74 Å². The molecule has 1 aromatic carbocycles. The molecule has 2 amide bonds. The third-order valence-corrected chi connectivity index (χ3v) is 3.79. The normalized spacial score (nSPS) is 22.8. The summed E-state index contributed by atoms with van der Waals surface area (Å²) in [5.41, 5.74) is 1.70. The third kappa shape index (κ3) is 4.44. The Bertz CT molecular complexity index is 484. The number of benzene rings is 1. The fraction of sp³-hybridized carbons (Fsp3) is 0.562. The largest absolute Gasteiger partial charge is 0.379 e. The standard InChI is InChI=1S/C16H25N3O2/c1-4-17-12(2)13-6-5-7-14(10-13)18-15(20)19-16(3)8-9-21-11-16/h5-7,10,12,17H,4,8-9,11H2,1-3H3,(H2,18,19,20). The van der Waals surface area contributed by atoms with Crippen LogP contribution in [0.3, 0.4) is 0 Å². The van der Waals surface area contributed by atoms with Crippen LogP contribution in [0.2, 0.25) is 0 Å². The van der Waals surface area contributed by atoms with Crippen LogP contribution in [0.15, 0.2) is 24.3 Å². The van der Waals surface area contributed by atoms with E-state index in [2.05, 4.69) is 35.9 Å². The highest BCUT2D eigenvalue weighted by atomic mass is 16.5. The van der Waals surface area contributed by atoms with Crippen molar-refractivity contribution in [3.8, 4) is 0 Å². The molecule has 116 valence electrons. The van der Waals surface area contributed by atoms with Crippen LogP contribution in [0.4, 0.5) is 10.5 Å². The maximum Gasteiger partial charge on any atom is 0.319 e. The SMILES string of the molecule is CCNC(C)c1cccc(NC(=O)NC2(C)CCOC2)c1. The Morgan fingerprint density at radius 3 is 2.95 bits per heavy atom. The average molecular weight is 291 g/mol. The minimum Gasteiger partial charge on any atom is -0.379 e. The minimum atomic E-state index is -0.265. The Morgan fingerprint density at radius 2 is 2.29 bits per heavy atom. The lowest BCUT2D eigenvalue weighted by molar-refractivity contribution is 0.172. The summed E-state index contributed by atoms with van der Waals surface area (Å²) in [4.78, 5) is 12.1. The molecule has 1 aliphatic heterocycles. The number of hydrogen-bond donors (Lipinski definition) is 3. The fourth-order valence-electron chi connectivity index (χ4n) is 2.51. The lowest BCUT2D eigenvalue weighted by Gasteiger charge is -2.23. The van der Waals surface area contributed by atoms with Crippen molar-refractivity contribution in [1.82, 2.24) is 10.6 Å². The topological polar surface area (TPSA) is 62.4 Å². The summed E-state index contributed by atoms with van der Waals surface area (Å²) in [6.45, 7) is 8.38. The molecule has 1 saturated heterocycles. The van der Waals surface area contributed by atoms with Crippen molar-refractivity contribution < 1.29 is 9.53 Å². The van der Waals surface area contributed by atoms with Crippen LogP contribution in [-0.4, -0.2) is 31.3 Å². The quantitative estimate of drug-likeness (QED) is 0.781. The van der Waals surface area contributed by atoms with Gasteiger partial charge in [-0.1, -0.05) is 19.1 Å². The Balaban J connectivity index is 1.96. The molecule has 2 atom stereocenters. The van der Waals surface area contributed by atoms with Crippen LogP contribution in [-0.2, 0) is 4.74 Å². The molecular formula is C16H25N3O2. The van der Waals surface area contributed by atoms with E-state index in [0.717, 1.165) is 24.2 Å². The van der Waals surface area contributed by atoms with Gasteiger partial charge in [-0.05, 0) is 44.5 Å². The van der Waals surface area contributed by atoms with Gasteiger partial charge in [0, 0.05) is 18.3 Å². The molecule has 0 saturated carbocycles. The van der Waals surface area contributed by atoms with Crippen LogP contribution in [0, 0.1) is 0 Å². The van der Waals surface area contributed by atoms with Crippen molar-refractivity contribution >= 4 is 11.7 Å². The molecule has 3 N–H and O–H groups in total. The molecule has 2 rings (SSSR count). The monoisotopic (exact) mass is 291 g/mol. The van der Waals surface area contributed by atoms with Gasteiger partial charge >= 0.3 is 6.03 Å². The number of amides is 2. The molecule has 0 bridgehead atoms. The third-order valence-electron chi connectivity index (χ3n) is 3.79. The van der Waals surface area contributed by atoms with Crippen LogP contribution < -0.4 is 16.0 Å². The van der Waals surface area contributed by atoms with Gasteiger partial charge in [0.2, 0.25) is 0 Å². The molecule has 0 radical (unpaired) electrons. The second kappa shape index (κ2) is 6.91. The Hall–Kier alpha value is -1.59. The summed E-state index contributed by atoms with van der Waals surface area (Å²) in [6.07, 6.45) is 0.845. The first-order chi connectivity index (χ1) is 10.0. The minimum absolute atomic E-state index is 0.184. The maximum absolute atomic E-state index is 12.1. The van der Waals surface area contributed by atoms with Crippen LogP contribution >= 0.6 is 0 Å². The van der Waals surface area contributed by atoms with E-state index in [0.29, 0.717) is 13.2 Å². The molecule has 0 aliphatic carbocycles. The van der Waals surface area contributed by atoms with Gasteiger partial charge < -0.3 is 20.7 Å². The first-order valence-corrected chi connectivity index (χ1v) is 7.53. The number of anilines is 1. The lowest BCUT2D eigenvalue weighted by atomic mass is 10.0. The van der Waals surface area contributed by atoms with Gasteiger partial charge in [-0.3, -0.25) is 0 Å². The molecule has 5 nitrogen and oxygen atoms in total.